The summed E-state index contributed by atoms with van der Waals surface area (Å²) in [5.41, 5.74) is 0. The van der Waals surface area contributed by atoms with Crippen molar-refractivity contribution in [3.63, 3.8) is 0 Å². The van der Waals surface area contributed by atoms with Gasteiger partial charge in [-0.2, -0.15) is 0 Å². The first-order valence-electron chi connectivity index (χ1n) is 6.14. The minimum atomic E-state index is -3.64. The van der Waals surface area contributed by atoms with Gasteiger partial charge in [-0.3, -0.25) is 4.79 Å². The van der Waals surface area contributed by atoms with Crippen LogP contribution in [0.3, 0.4) is 0 Å². The molecule has 1 heterocycles. The van der Waals surface area contributed by atoms with Crippen molar-refractivity contribution in [2.75, 3.05) is 13.7 Å². The lowest BCUT2D eigenvalue weighted by Crippen LogP contribution is -2.25. The monoisotopic (exact) mass is 320 g/mol. The van der Waals surface area contributed by atoms with Crippen molar-refractivity contribution in [2.45, 2.75) is 30.6 Å². The minimum Gasteiger partial charge on any atom is -0.469 e. The molecule has 6 nitrogen and oxygen atoms in total. The zero-order chi connectivity index (χ0) is 15.0. The fourth-order valence-corrected chi connectivity index (χ4v) is 3.05. The van der Waals surface area contributed by atoms with Crippen molar-refractivity contribution >= 4 is 27.6 Å². The summed E-state index contributed by atoms with van der Waals surface area (Å²) in [5, 5.41) is -0.0503. The normalized spacial score (nSPS) is 11.3. The maximum absolute atomic E-state index is 11.9. The van der Waals surface area contributed by atoms with E-state index >= 15 is 0 Å². The molecule has 112 valence electrons. The summed E-state index contributed by atoms with van der Waals surface area (Å²) < 4.78 is 30.8. The maximum Gasteiger partial charge on any atom is 0.305 e. The van der Waals surface area contributed by atoms with E-state index in [0.29, 0.717) is 19.3 Å². The maximum atomic E-state index is 11.9. The van der Waals surface area contributed by atoms with Gasteiger partial charge in [-0.25, -0.2) is 18.1 Å². The van der Waals surface area contributed by atoms with Crippen molar-refractivity contribution in [3.05, 3.63) is 23.5 Å². The Balaban J connectivity index is 2.35. The molecule has 0 aliphatic heterocycles. The zero-order valence-corrected chi connectivity index (χ0v) is 12.7. The van der Waals surface area contributed by atoms with Crippen molar-refractivity contribution in [2.24, 2.45) is 0 Å². The number of methoxy groups -OCH3 is 1. The molecule has 0 atom stereocenters. The number of sulfonamides is 1. The van der Waals surface area contributed by atoms with E-state index in [4.69, 9.17) is 11.6 Å². The average Bonchev–Trinajstić information content (AvgIpc) is 2.42. The number of halogens is 1. The Hall–Kier alpha value is -1.18. The van der Waals surface area contributed by atoms with Crippen LogP contribution in [0.5, 0.6) is 0 Å². The molecular weight excluding hydrogens is 304 g/mol. The fourth-order valence-electron chi connectivity index (χ4n) is 1.53. The second kappa shape index (κ2) is 8.18. The van der Waals surface area contributed by atoms with Gasteiger partial charge in [0.05, 0.1) is 7.11 Å². The lowest BCUT2D eigenvalue weighted by atomic mass is 10.2. The molecule has 0 aliphatic rings. The Morgan fingerprint density at radius 2 is 2.15 bits per heavy atom. The van der Waals surface area contributed by atoms with Gasteiger partial charge >= 0.3 is 5.97 Å². The number of unbranched alkanes of at least 4 members (excludes halogenated alkanes) is 2. The topological polar surface area (TPSA) is 85.4 Å². The van der Waals surface area contributed by atoms with Crippen LogP contribution in [0.15, 0.2) is 23.2 Å². The van der Waals surface area contributed by atoms with Crippen molar-refractivity contribution < 1.29 is 17.9 Å². The van der Waals surface area contributed by atoms with Crippen molar-refractivity contribution in [3.8, 4) is 0 Å². The summed E-state index contributed by atoms with van der Waals surface area (Å²) in [6, 6.07) is 2.91. The standard InChI is InChI=1S/C12H17ClN2O4S/c1-19-11(16)7-3-2-4-9-15-20(17,18)10-6-5-8-14-12(10)13/h5-6,8,15H,2-4,7,9H2,1H3. The number of rotatable bonds is 8. The van der Waals surface area contributed by atoms with E-state index in [1.165, 1.54) is 25.4 Å². The Morgan fingerprint density at radius 3 is 2.80 bits per heavy atom. The SMILES string of the molecule is COC(=O)CCCCCNS(=O)(=O)c1cccnc1Cl. The van der Waals surface area contributed by atoms with Crippen LogP contribution in [0.1, 0.15) is 25.7 Å². The van der Waals surface area contributed by atoms with Crippen LogP contribution in [-0.2, 0) is 19.6 Å². The largest absolute Gasteiger partial charge is 0.469 e. The molecule has 0 unspecified atom stereocenters. The van der Waals surface area contributed by atoms with Crippen LogP contribution in [0.25, 0.3) is 0 Å². The van der Waals surface area contributed by atoms with Gasteiger partial charge in [-0.1, -0.05) is 18.0 Å². The summed E-state index contributed by atoms with van der Waals surface area (Å²) in [4.78, 5) is 14.6. The smallest absolute Gasteiger partial charge is 0.305 e. The molecule has 8 heteroatoms. The number of aromatic nitrogens is 1. The van der Waals surface area contributed by atoms with Crippen molar-refractivity contribution in [1.29, 1.82) is 0 Å². The lowest BCUT2D eigenvalue weighted by molar-refractivity contribution is -0.140. The lowest BCUT2D eigenvalue weighted by Gasteiger charge is -2.07. The zero-order valence-electron chi connectivity index (χ0n) is 11.1. The van der Waals surface area contributed by atoms with Crippen LogP contribution in [-0.4, -0.2) is 33.0 Å². The molecule has 1 aromatic rings. The number of hydrogen-bond acceptors (Lipinski definition) is 5. The number of pyridine rings is 1. The molecule has 1 N–H and O–H groups in total. The van der Waals surface area contributed by atoms with Crippen LogP contribution in [0.2, 0.25) is 5.15 Å². The van der Waals surface area contributed by atoms with Gasteiger partial charge in [0, 0.05) is 19.2 Å². The molecule has 1 rings (SSSR count). The van der Waals surface area contributed by atoms with Crippen LogP contribution in [0, 0.1) is 0 Å². The first-order valence-corrected chi connectivity index (χ1v) is 8.00. The Morgan fingerprint density at radius 1 is 1.40 bits per heavy atom. The van der Waals surface area contributed by atoms with Gasteiger partial charge < -0.3 is 4.74 Å². The van der Waals surface area contributed by atoms with Gasteiger partial charge in [0.25, 0.3) is 0 Å². The van der Waals surface area contributed by atoms with E-state index in [-0.39, 0.29) is 22.6 Å². The van der Waals surface area contributed by atoms with Crippen molar-refractivity contribution in [1.82, 2.24) is 9.71 Å². The molecule has 0 saturated carbocycles. The highest BCUT2D eigenvalue weighted by Crippen LogP contribution is 2.17. The second-order valence-electron chi connectivity index (χ2n) is 4.08. The number of nitrogens with one attached hydrogen (secondary N) is 1. The van der Waals surface area contributed by atoms with Gasteiger partial charge in [-0.05, 0) is 25.0 Å². The molecule has 0 aromatic carbocycles. The first-order chi connectivity index (χ1) is 9.47. The van der Waals surface area contributed by atoms with Gasteiger partial charge in [0.15, 0.2) is 0 Å². The minimum absolute atomic E-state index is 0.0313. The molecule has 0 amide bonds. The van der Waals surface area contributed by atoms with E-state index in [9.17, 15) is 13.2 Å². The highest BCUT2D eigenvalue weighted by atomic mass is 35.5. The van der Waals surface area contributed by atoms with E-state index in [0.717, 1.165) is 6.42 Å². The Kier molecular flexibility index (Phi) is 6.90. The molecule has 0 spiro atoms. The number of ether oxygens (including phenoxy) is 1. The van der Waals surface area contributed by atoms with Crippen LogP contribution >= 0.6 is 11.6 Å². The van der Waals surface area contributed by atoms with Crippen LogP contribution < -0.4 is 4.72 Å². The Labute approximate surface area is 123 Å². The number of nitrogens with zero attached hydrogens (tertiary/aromatic N) is 1. The predicted molar refractivity (Wildman–Crippen MR) is 74.9 cm³/mol. The second-order valence-corrected chi connectivity index (χ2v) is 6.17. The fraction of sp³-hybridized carbons (Fsp3) is 0.500. The summed E-state index contributed by atoms with van der Waals surface area (Å²) in [6.45, 7) is 0.286. The summed E-state index contributed by atoms with van der Waals surface area (Å²) in [5.74, 6) is -0.257. The third kappa shape index (κ3) is 5.44. The first kappa shape index (κ1) is 16.9. The van der Waals surface area contributed by atoms with E-state index in [1.807, 2.05) is 0 Å². The summed E-state index contributed by atoms with van der Waals surface area (Å²) >= 11 is 5.74. The molecule has 1 aromatic heterocycles. The molecule has 0 aliphatic carbocycles. The van der Waals surface area contributed by atoms with Crippen LogP contribution in [0.4, 0.5) is 0 Å². The number of hydrogen-bond donors (Lipinski definition) is 1. The molecule has 0 radical (unpaired) electrons. The predicted octanol–water partition coefficient (Wildman–Crippen LogP) is 1.75. The molecule has 0 saturated heterocycles. The summed E-state index contributed by atoms with van der Waals surface area (Å²) in [7, 11) is -2.29. The van der Waals surface area contributed by atoms with E-state index in [1.54, 1.807) is 0 Å². The number of esters is 1. The van der Waals surface area contributed by atoms with E-state index in [2.05, 4.69) is 14.4 Å². The third-order valence-corrected chi connectivity index (χ3v) is 4.50. The highest BCUT2D eigenvalue weighted by molar-refractivity contribution is 7.89. The molecule has 0 bridgehead atoms. The third-order valence-electron chi connectivity index (χ3n) is 2.59. The van der Waals surface area contributed by atoms with Gasteiger partial charge in [-0.15, -0.1) is 0 Å². The highest BCUT2D eigenvalue weighted by Gasteiger charge is 2.17. The van der Waals surface area contributed by atoms with Gasteiger partial charge in [0.2, 0.25) is 10.0 Å². The Bertz CT molecular complexity index is 548. The molecule has 0 fully saturated rings. The van der Waals surface area contributed by atoms with E-state index < -0.39 is 10.0 Å². The number of carbonyl (C=O) groups is 1. The average molecular weight is 321 g/mol. The quantitative estimate of drug-likeness (QED) is 0.448. The number of carbonyl (C=O) groups excluding carboxylic acids is 1. The molecular formula is C12H17ClN2O4S. The summed E-state index contributed by atoms with van der Waals surface area (Å²) in [6.07, 6.45) is 3.81. The van der Waals surface area contributed by atoms with Gasteiger partial charge in [0.1, 0.15) is 10.0 Å². The molecule has 20 heavy (non-hydrogen) atoms.